The Bertz CT molecular complexity index is 394. The van der Waals surface area contributed by atoms with E-state index in [0.717, 1.165) is 31.6 Å². The van der Waals surface area contributed by atoms with Gasteiger partial charge in [0, 0.05) is 25.2 Å². The van der Waals surface area contributed by atoms with Crippen molar-refractivity contribution >= 4 is 0 Å². The molecule has 0 radical (unpaired) electrons. The lowest BCUT2D eigenvalue weighted by Crippen LogP contribution is -2.28. The molecule has 1 heterocycles. The fraction of sp³-hybridized carbons (Fsp3) is 0.625. The van der Waals surface area contributed by atoms with Gasteiger partial charge in [0.15, 0.2) is 0 Å². The monoisotopic (exact) mass is 263 g/mol. The first-order chi connectivity index (χ1) is 9.04. The van der Waals surface area contributed by atoms with E-state index in [1.54, 1.807) is 0 Å². The Balaban J connectivity index is 2.09. The zero-order valence-corrected chi connectivity index (χ0v) is 11.9. The number of benzene rings is 1. The summed E-state index contributed by atoms with van der Waals surface area (Å²) in [5, 5.41) is 10.4. The van der Waals surface area contributed by atoms with E-state index in [2.05, 4.69) is 26.0 Å². The molecule has 0 bridgehead atoms. The summed E-state index contributed by atoms with van der Waals surface area (Å²) in [4.78, 5) is 0. The van der Waals surface area contributed by atoms with Gasteiger partial charge in [-0.05, 0) is 29.9 Å². The summed E-state index contributed by atoms with van der Waals surface area (Å²) in [5.41, 5.74) is 8.00. The Hall–Kier alpha value is -0.900. The van der Waals surface area contributed by atoms with Gasteiger partial charge in [0.25, 0.3) is 0 Å². The quantitative estimate of drug-likeness (QED) is 0.877. The van der Waals surface area contributed by atoms with Gasteiger partial charge in [-0.2, -0.15) is 0 Å². The Labute approximate surface area is 115 Å². The van der Waals surface area contributed by atoms with Crippen LogP contribution in [0.3, 0.4) is 0 Å². The van der Waals surface area contributed by atoms with Crippen molar-refractivity contribution in [3.05, 3.63) is 35.4 Å². The molecule has 3 heteroatoms. The molecule has 0 amide bonds. The van der Waals surface area contributed by atoms with Crippen molar-refractivity contribution in [3.63, 3.8) is 0 Å². The maximum Gasteiger partial charge on any atom is 0.0819 e. The molecule has 19 heavy (non-hydrogen) atoms. The molecule has 1 fully saturated rings. The lowest BCUT2D eigenvalue weighted by atomic mass is 9.83. The molecule has 1 aliphatic rings. The summed E-state index contributed by atoms with van der Waals surface area (Å²) >= 11 is 0. The van der Waals surface area contributed by atoms with Crippen molar-refractivity contribution in [2.45, 2.75) is 38.2 Å². The summed E-state index contributed by atoms with van der Waals surface area (Å²) in [7, 11) is 0. The van der Waals surface area contributed by atoms with E-state index in [9.17, 15) is 5.11 Å². The van der Waals surface area contributed by atoms with Crippen molar-refractivity contribution in [2.24, 2.45) is 11.7 Å². The van der Waals surface area contributed by atoms with Gasteiger partial charge >= 0.3 is 0 Å². The van der Waals surface area contributed by atoms with Crippen LogP contribution in [0.5, 0.6) is 0 Å². The summed E-state index contributed by atoms with van der Waals surface area (Å²) in [6, 6.07) is 8.25. The van der Waals surface area contributed by atoms with E-state index in [-0.39, 0.29) is 11.5 Å². The number of hydrogen-bond donors (Lipinski definition) is 2. The zero-order valence-electron chi connectivity index (χ0n) is 11.9. The molecule has 1 aromatic carbocycles. The zero-order chi connectivity index (χ0) is 13.9. The van der Waals surface area contributed by atoms with Crippen LogP contribution in [-0.4, -0.2) is 24.9 Å². The Morgan fingerprint density at radius 2 is 1.84 bits per heavy atom. The molecule has 1 aliphatic heterocycles. The topological polar surface area (TPSA) is 55.5 Å². The predicted octanol–water partition coefficient (Wildman–Crippen LogP) is 2.38. The highest BCUT2D eigenvalue weighted by Gasteiger charge is 2.24. The standard InChI is InChI=1S/C16H25NO2/c1-16(2,11-17)14-5-3-12(4-6-14)15(18)13-7-9-19-10-8-13/h3-6,13,15,18H,7-11,17H2,1-2H3. The van der Waals surface area contributed by atoms with E-state index in [0.29, 0.717) is 12.5 Å². The fourth-order valence-electron chi connectivity index (χ4n) is 2.55. The minimum atomic E-state index is -0.376. The molecule has 0 saturated carbocycles. The minimum Gasteiger partial charge on any atom is -0.388 e. The van der Waals surface area contributed by atoms with Crippen molar-refractivity contribution < 1.29 is 9.84 Å². The van der Waals surface area contributed by atoms with Crippen molar-refractivity contribution in [1.82, 2.24) is 0 Å². The molecule has 3 N–H and O–H groups in total. The summed E-state index contributed by atoms with van der Waals surface area (Å²) in [6.07, 6.45) is 1.51. The summed E-state index contributed by atoms with van der Waals surface area (Å²) in [6.45, 7) is 6.42. The van der Waals surface area contributed by atoms with Gasteiger partial charge in [-0.15, -0.1) is 0 Å². The molecule has 106 valence electrons. The van der Waals surface area contributed by atoms with Crippen molar-refractivity contribution in [2.75, 3.05) is 19.8 Å². The Morgan fingerprint density at radius 1 is 1.26 bits per heavy atom. The van der Waals surface area contributed by atoms with Crippen LogP contribution in [0.15, 0.2) is 24.3 Å². The van der Waals surface area contributed by atoms with Gasteiger partial charge < -0.3 is 15.6 Å². The maximum atomic E-state index is 10.4. The van der Waals surface area contributed by atoms with E-state index in [1.165, 1.54) is 5.56 Å². The van der Waals surface area contributed by atoms with Crippen LogP contribution in [-0.2, 0) is 10.2 Å². The average molecular weight is 263 g/mol. The first kappa shape index (κ1) is 14.5. The van der Waals surface area contributed by atoms with Crippen LogP contribution in [0, 0.1) is 5.92 Å². The predicted molar refractivity (Wildman–Crippen MR) is 77.0 cm³/mol. The van der Waals surface area contributed by atoms with Gasteiger partial charge in [-0.1, -0.05) is 38.1 Å². The fourth-order valence-corrected chi connectivity index (χ4v) is 2.55. The highest BCUT2D eigenvalue weighted by atomic mass is 16.5. The van der Waals surface area contributed by atoms with E-state index >= 15 is 0 Å². The molecule has 1 aromatic rings. The third kappa shape index (κ3) is 3.35. The highest BCUT2D eigenvalue weighted by Crippen LogP contribution is 2.31. The second-order valence-electron chi connectivity index (χ2n) is 6.10. The van der Waals surface area contributed by atoms with Crippen LogP contribution in [0.1, 0.15) is 43.9 Å². The summed E-state index contributed by atoms with van der Waals surface area (Å²) < 4.78 is 5.34. The number of aliphatic hydroxyl groups is 1. The number of aliphatic hydroxyl groups excluding tert-OH is 1. The number of ether oxygens (including phenoxy) is 1. The lowest BCUT2D eigenvalue weighted by Gasteiger charge is -2.28. The Kier molecular flexibility index (Phi) is 4.61. The van der Waals surface area contributed by atoms with Crippen LogP contribution >= 0.6 is 0 Å². The number of hydrogen-bond acceptors (Lipinski definition) is 3. The molecule has 0 aromatic heterocycles. The molecule has 3 nitrogen and oxygen atoms in total. The number of nitrogens with two attached hydrogens (primary N) is 1. The molecule has 1 atom stereocenters. The van der Waals surface area contributed by atoms with Gasteiger partial charge in [0.1, 0.15) is 0 Å². The molecule has 1 unspecified atom stereocenters. The minimum absolute atomic E-state index is 0.0117. The van der Waals surface area contributed by atoms with Crippen LogP contribution in [0.2, 0.25) is 0 Å². The van der Waals surface area contributed by atoms with E-state index < -0.39 is 0 Å². The average Bonchev–Trinajstić information content (AvgIpc) is 2.47. The Morgan fingerprint density at radius 3 is 2.37 bits per heavy atom. The van der Waals surface area contributed by atoms with Crippen molar-refractivity contribution in [1.29, 1.82) is 0 Å². The van der Waals surface area contributed by atoms with Crippen molar-refractivity contribution in [3.8, 4) is 0 Å². The summed E-state index contributed by atoms with van der Waals surface area (Å²) in [5.74, 6) is 0.321. The first-order valence-electron chi connectivity index (χ1n) is 7.11. The normalized spacial score (nSPS) is 19.4. The van der Waals surface area contributed by atoms with E-state index in [4.69, 9.17) is 10.5 Å². The molecule has 0 aliphatic carbocycles. The molecule has 0 spiro atoms. The first-order valence-corrected chi connectivity index (χ1v) is 7.11. The lowest BCUT2D eigenvalue weighted by molar-refractivity contribution is 0.00717. The smallest absolute Gasteiger partial charge is 0.0819 e. The SMILES string of the molecule is CC(C)(CN)c1ccc(C(O)C2CCOCC2)cc1. The maximum absolute atomic E-state index is 10.4. The van der Waals surface area contributed by atoms with Gasteiger partial charge in [-0.3, -0.25) is 0 Å². The molecule has 1 saturated heterocycles. The third-order valence-corrected chi connectivity index (χ3v) is 4.26. The second kappa shape index (κ2) is 6.04. The largest absolute Gasteiger partial charge is 0.388 e. The number of rotatable bonds is 4. The molecular weight excluding hydrogens is 238 g/mol. The van der Waals surface area contributed by atoms with Gasteiger partial charge in [0.05, 0.1) is 6.10 Å². The molecule has 2 rings (SSSR count). The van der Waals surface area contributed by atoms with Gasteiger partial charge in [-0.25, -0.2) is 0 Å². The van der Waals surface area contributed by atoms with Crippen LogP contribution in [0.25, 0.3) is 0 Å². The van der Waals surface area contributed by atoms with Gasteiger partial charge in [0.2, 0.25) is 0 Å². The molecular formula is C16H25NO2. The highest BCUT2D eigenvalue weighted by molar-refractivity contribution is 5.29. The third-order valence-electron chi connectivity index (χ3n) is 4.26. The second-order valence-corrected chi connectivity index (χ2v) is 6.10. The van der Waals surface area contributed by atoms with Crippen LogP contribution < -0.4 is 5.73 Å². The van der Waals surface area contributed by atoms with Crippen LogP contribution in [0.4, 0.5) is 0 Å². The van der Waals surface area contributed by atoms with E-state index in [1.807, 2.05) is 12.1 Å².